The van der Waals surface area contributed by atoms with Gasteiger partial charge < -0.3 is 9.64 Å². The zero-order chi connectivity index (χ0) is 21.5. The molecule has 1 aliphatic carbocycles. The molecule has 1 amide bonds. The van der Waals surface area contributed by atoms with Crippen LogP contribution in [-0.4, -0.2) is 23.5 Å². The van der Waals surface area contributed by atoms with Crippen molar-refractivity contribution in [1.82, 2.24) is 4.90 Å². The molecule has 31 heavy (non-hydrogen) atoms. The number of carbonyl (C=O) groups is 1. The minimum absolute atomic E-state index is 0.0443. The Hall–Kier alpha value is -3.43. The van der Waals surface area contributed by atoms with Crippen molar-refractivity contribution in [2.75, 3.05) is 7.11 Å². The molecule has 2 unspecified atom stereocenters. The van der Waals surface area contributed by atoms with Crippen molar-refractivity contribution < 1.29 is 9.53 Å². The van der Waals surface area contributed by atoms with E-state index in [0.717, 1.165) is 16.7 Å². The molecular formula is C28H27NO2. The predicted octanol–water partition coefficient (Wildman–Crippen LogP) is 5.51. The topological polar surface area (TPSA) is 29.5 Å². The smallest absolute Gasteiger partial charge is 0.260 e. The number of hydrogen-bond acceptors (Lipinski definition) is 2. The van der Waals surface area contributed by atoms with Crippen molar-refractivity contribution in [3.8, 4) is 0 Å². The third-order valence-electron chi connectivity index (χ3n) is 5.77. The molecule has 3 aromatic rings. The first-order valence-electron chi connectivity index (χ1n) is 10.6. The van der Waals surface area contributed by atoms with Crippen LogP contribution in [0.25, 0.3) is 0 Å². The van der Waals surface area contributed by atoms with E-state index in [2.05, 4.69) is 30.3 Å². The molecule has 0 heterocycles. The molecule has 3 aromatic carbocycles. The summed E-state index contributed by atoms with van der Waals surface area (Å²) in [7, 11) is 1.63. The highest BCUT2D eigenvalue weighted by molar-refractivity contribution is 5.90. The van der Waals surface area contributed by atoms with Crippen molar-refractivity contribution in [2.24, 2.45) is 0 Å². The molecule has 4 rings (SSSR count). The lowest BCUT2D eigenvalue weighted by atomic mass is 9.77. The van der Waals surface area contributed by atoms with Crippen molar-refractivity contribution in [2.45, 2.75) is 24.6 Å². The molecule has 156 valence electrons. The quantitative estimate of drug-likeness (QED) is 0.515. The lowest BCUT2D eigenvalue weighted by Crippen LogP contribution is -2.52. The average Bonchev–Trinajstić information content (AvgIpc) is 2.85. The fourth-order valence-corrected chi connectivity index (χ4v) is 4.18. The zero-order valence-electron chi connectivity index (χ0n) is 17.7. The minimum atomic E-state index is -1.10. The van der Waals surface area contributed by atoms with Gasteiger partial charge in [-0.15, -0.1) is 0 Å². The first kappa shape index (κ1) is 20.8. The van der Waals surface area contributed by atoms with Crippen LogP contribution >= 0.6 is 0 Å². The van der Waals surface area contributed by atoms with Gasteiger partial charge in [-0.2, -0.15) is 0 Å². The largest absolute Gasteiger partial charge is 0.363 e. The SMILES string of the molecule is COC1(C(=O)N(Cc2ccccc2)Cc2ccccc2)C=CC=CC1c1ccccc1. The van der Waals surface area contributed by atoms with Crippen LogP contribution in [0.5, 0.6) is 0 Å². The number of rotatable bonds is 7. The molecule has 0 spiro atoms. The van der Waals surface area contributed by atoms with E-state index in [0.29, 0.717) is 13.1 Å². The normalized spacial score (nSPS) is 19.8. The number of nitrogens with zero attached hydrogens (tertiary/aromatic N) is 1. The van der Waals surface area contributed by atoms with E-state index >= 15 is 0 Å². The van der Waals surface area contributed by atoms with Gasteiger partial charge in [-0.25, -0.2) is 0 Å². The van der Waals surface area contributed by atoms with Gasteiger partial charge in [0.15, 0.2) is 5.60 Å². The Bertz CT molecular complexity index is 1000. The van der Waals surface area contributed by atoms with E-state index < -0.39 is 5.60 Å². The first-order chi connectivity index (χ1) is 15.2. The highest BCUT2D eigenvalue weighted by Gasteiger charge is 2.46. The van der Waals surface area contributed by atoms with Crippen molar-refractivity contribution >= 4 is 5.91 Å². The zero-order valence-corrected chi connectivity index (χ0v) is 17.7. The van der Waals surface area contributed by atoms with Crippen molar-refractivity contribution in [3.63, 3.8) is 0 Å². The maximum atomic E-state index is 14.2. The van der Waals surface area contributed by atoms with Gasteiger partial charge in [0.2, 0.25) is 0 Å². The van der Waals surface area contributed by atoms with E-state index in [1.165, 1.54) is 0 Å². The number of carbonyl (C=O) groups excluding carboxylic acids is 1. The van der Waals surface area contributed by atoms with Crippen LogP contribution in [0.15, 0.2) is 115 Å². The van der Waals surface area contributed by atoms with Gasteiger partial charge in [-0.05, 0) is 22.8 Å². The summed E-state index contributed by atoms with van der Waals surface area (Å²) in [5.41, 5.74) is 2.13. The highest BCUT2D eigenvalue weighted by Crippen LogP contribution is 2.38. The van der Waals surface area contributed by atoms with Crippen LogP contribution < -0.4 is 0 Å². The monoisotopic (exact) mass is 409 g/mol. The van der Waals surface area contributed by atoms with Crippen LogP contribution in [0.4, 0.5) is 0 Å². The summed E-state index contributed by atoms with van der Waals surface area (Å²) >= 11 is 0. The number of ether oxygens (including phenoxy) is 1. The molecule has 0 radical (unpaired) electrons. The molecule has 0 saturated heterocycles. The van der Waals surface area contributed by atoms with Gasteiger partial charge in [-0.1, -0.05) is 109 Å². The van der Waals surface area contributed by atoms with Crippen molar-refractivity contribution in [1.29, 1.82) is 0 Å². The molecule has 0 bridgehead atoms. The Morgan fingerprint density at radius 1 is 0.806 bits per heavy atom. The average molecular weight is 410 g/mol. The molecule has 0 saturated carbocycles. The van der Waals surface area contributed by atoms with E-state index in [1.54, 1.807) is 7.11 Å². The van der Waals surface area contributed by atoms with Crippen LogP contribution in [-0.2, 0) is 22.6 Å². The second-order valence-electron chi connectivity index (χ2n) is 7.76. The molecule has 2 atom stereocenters. The van der Waals surface area contributed by atoms with Crippen LogP contribution in [0, 0.1) is 0 Å². The number of hydrogen-bond donors (Lipinski definition) is 0. The maximum absolute atomic E-state index is 14.2. The second kappa shape index (κ2) is 9.59. The summed E-state index contributed by atoms with van der Waals surface area (Å²) in [6.45, 7) is 1.03. The first-order valence-corrected chi connectivity index (χ1v) is 10.6. The lowest BCUT2D eigenvalue weighted by Gasteiger charge is -2.40. The van der Waals surface area contributed by atoms with Gasteiger partial charge in [0.25, 0.3) is 5.91 Å². The summed E-state index contributed by atoms with van der Waals surface area (Å²) in [6, 6.07) is 30.3. The molecule has 1 aliphatic rings. The Morgan fingerprint density at radius 3 is 1.84 bits per heavy atom. The fourth-order valence-electron chi connectivity index (χ4n) is 4.18. The number of allylic oxidation sites excluding steroid dienone is 2. The Balaban J connectivity index is 1.72. The third-order valence-corrected chi connectivity index (χ3v) is 5.77. The maximum Gasteiger partial charge on any atom is 0.260 e. The van der Waals surface area contributed by atoms with Gasteiger partial charge in [0.05, 0.1) is 0 Å². The Labute approximate surface area is 184 Å². The summed E-state index contributed by atoms with van der Waals surface area (Å²) in [4.78, 5) is 16.1. The summed E-state index contributed by atoms with van der Waals surface area (Å²) in [5, 5.41) is 0. The van der Waals surface area contributed by atoms with Gasteiger partial charge in [0, 0.05) is 26.1 Å². The Kier molecular flexibility index (Phi) is 6.44. The standard InChI is InChI=1S/C28H27NO2/c1-31-28(20-12-11-19-26(28)25-17-9-4-10-18-25)27(30)29(21-23-13-5-2-6-14-23)22-24-15-7-3-8-16-24/h2-20,26H,21-22H2,1H3. The van der Waals surface area contributed by atoms with E-state index in [1.807, 2.05) is 89.9 Å². The fraction of sp³-hybridized carbons (Fsp3) is 0.179. The highest BCUT2D eigenvalue weighted by atomic mass is 16.5. The van der Waals surface area contributed by atoms with E-state index in [4.69, 9.17) is 4.74 Å². The van der Waals surface area contributed by atoms with Crippen LogP contribution in [0.3, 0.4) is 0 Å². The molecule has 0 aliphatic heterocycles. The van der Waals surface area contributed by atoms with Crippen LogP contribution in [0.2, 0.25) is 0 Å². The van der Waals surface area contributed by atoms with E-state index in [9.17, 15) is 4.79 Å². The lowest BCUT2D eigenvalue weighted by molar-refractivity contribution is -0.152. The number of amides is 1. The van der Waals surface area contributed by atoms with E-state index in [-0.39, 0.29) is 11.8 Å². The summed E-state index contributed by atoms with van der Waals surface area (Å²) < 4.78 is 6.03. The summed E-state index contributed by atoms with van der Waals surface area (Å²) in [6.07, 6.45) is 7.85. The Morgan fingerprint density at radius 2 is 1.32 bits per heavy atom. The molecule has 0 N–H and O–H groups in total. The predicted molar refractivity (Wildman–Crippen MR) is 124 cm³/mol. The molecular weight excluding hydrogens is 382 g/mol. The molecule has 3 nitrogen and oxygen atoms in total. The van der Waals surface area contributed by atoms with Crippen LogP contribution in [0.1, 0.15) is 22.6 Å². The molecule has 0 aromatic heterocycles. The van der Waals surface area contributed by atoms with Gasteiger partial charge >= 0.3 is 0 Å². The van der Waals surface area contributed by atoms with Gasteiger partial charge in [0.1, 0.15) is 0 Å². The molecule has 3 heteroatoms. The second-order valence-corrected chi connectivity index (χ2v) is 7.76. The number of benzene rings is 3. The minimum Gasteiger partial charge on any atom is -0.363 e. The number of methoxy groups -OCH3 is 1. The third kappa shape index (κ3) is 4.52. The van der Waals surface area contributed by atoms with Crippen molar-refractivity contribution in [3.05, 3.63) is 132 Å². The summed E-state index contributed by atoms with van der Waals surface area (Å²) in [5.74, 6) is -0.248. The van der Waals surface area contributed by atoms with Gasteiger partial charge in [-0.3, -0.25) is 4.79 Å². The molecule has 0 fully saturated rings.